The molecule has 1 heterocycles. The molecule has 0 spiro atoms. The van der Waals surface area contributed by atoms with Crippen LogP contribution in [0.15, 0.2) is 10.9 Å². The van der Waals surface area contributed by atoms with Crippen molar-refractivity contribution in [1.29, 1.82) is 5.26 Å². The molecule has 74 valence electrons. The van der Waals surface area contributed by atoms with Gasteiger partial charge in [-0.25, -0.2) is 8.78 Å². The molecule has 1 aromatic rings. The summed E-state index contributed by atoms with van der Waals surface area (Å²) in [5.41, 5.74) is -1.17. The minimum atomic E-state index is -2.76. The fourth-order valence-corrected chi connectivity index (χ4v) is 1.37. The van der Waals surface area contributed by atoms with Crippen molar-refractivity contribution in [2.75, 3.05) is 0 Å². The van der Waals surface area contributed by atoms with Crippen LogP contribution in [0.1, 0.15) is 23.2 Å². The van der Waals surface area contributed by atoms with Gasteiger partial charge >= 0.3 is 0 Å². The van der Waals surface area contributed by atoms with Crippen molar-refractivity contribution >= 4 is 15.9 Å². The SMILES string of the molecule is N#Cc1[nH]c(=O)c(CBr)cc1C(F)F. The van der Waals surface area contributed by atoms with Crippen LogP contribution in [0.4, 0.5) is 8.78 Å². The third-order valence-electron chi connectivity index (χ3n) is 1.64. The van der Waals surface area contributed by atoms with Crippen molar-refractivity contribution in [3.63, 3.8) is 0 Å². The first-order valence-corrected chi connectivity index (χ1v) is 4.72. The number of pyridine rings is 1. The van der Waals surface area contributed by atoms with E-state index in [-0.39, 0.29) is 16.6 Å². The number of aromatic nitrogens is 1. The zero-order valence-electron chi connectivity index (χ0n) is 6.85. The van der Waals surface area contributed by atoms with Crippen molar-refractivity contribution in [1.82, 2.24) is 4.98 Å². The van der Waals surface area contributed by atoms with Gasteiger partial charge in [0.25, 0.3) is 12.0 Å². The lowest BCUT2D eigenvalue weighted by molar-refractivity contribution is 0.150. The average Bonchev–Trinajstić information content (AvgIpc) is 2.16. The van der Waals surface area contributed by atoms with E-state index in [4.69, 9.17) is 5.26 Å². The Balaban J connectivity index is 3.42. The van der Waals surface area contributed by atoms with E-state index in [1.165, 1.54) is 6.07 Å². The highest BCUT2D eigenvalue weighted by atomic mass is 79.9. The Hall–Kier alpha value is -1.22. The number of hydrogen-bond acceptors (Lipinski definition) is 2. The Morgan fingerprint density at radius 1 is 1.64 bits per heavy atom. The third kappa shape index (κ3) is 1.99. The van der Waals surface area contributed by atoms with Crippen molar-refractivity contribution in [2.24, 2.45) is 0 Å². The molecule has 0 aliphatic heterocycles. The van der Waals surface area contributed by atoms with Crippen LogP contribution in [-0.2, 0) is 5.33 Å². The monoisotopic (exact) mass is 262 g/mol. The van der Waals surface area contributed by atoms with Gasteiger partial charge in [0.2, 0.25) is 0 Å². The molecule has 0 amide bonds. The molecule has 3 nitrogen and oxygen atoms in total. The third-order valence-corrected chi connectivity index (χ3v) is 2.24. The molecule has 0 aromatic carbocycles. The highest BCUT2D eigenvalue weighted by molar-refractivity contribution is 9.08. The molecule has 0 fully saturated rings. The summed E-state index contributed by atoms with van der Waals surface area (Å²) in [5.74, 6) is 0. The Bertz CT molecular complexity index is 436. The van der Waals surface area contributed by atoms with E-state index in [0.29, 0.717) is 0 Å². The predicted molar refractivity (Wildman–Crippen MR) is 49.4 cm³/mol. The normalized spacial score (nSPS) is 10.2. The van der Waals surface area contributed by atoms with Crippen LogP contribution in [0.2, 0.25) is 0 Å². The van der Waals surface area contributed by atoms with Gasteiger partial charge in [-0.2, -0.15) is 5.26 Å². The van der Waals surface area contributed by atoms with Crippen molar-refractivity contribution < 1.29 is 8.78 Å². The van der Waals surface area contributed by atoms with Gasteiger partial charge in [-0.15, -0.1) is 0 Å². The number of nitriles is 1. The minimum Gasteiger partial charge on any atom is -0.313 e. The molecule has 0 saturated heterocycles. The van der Waals surface area contributed by atoms with Gasteiger partial charge < -0.3 is 4.98 Å². The second kappa shape index (κ2) is 4.33. The Labute approximate surface area is 86.5 Å². The summed E-state index contributed by atoms with van der Waals surface area (Å²) in [6, 6.07) is 2.56. The van der Waals surface area contributed by atoms with Crippen LogP contribution < -0.4 is 5.56 Å². The number of rotatable bonds is 2. The van der Waals surface area contributed by atoms with Crippen LogP contribution in [-0.4, -0.2) is 4.98 Å². The second-order valence-corrected chi connectivity index (χ2v) is 3.06. The maximum Gasteiger partial charge on any atom is 0.266 e. The summed E-state index contributed by atoms with van der Waals surface area (Å²) in [7, 11) is 0. The van der Waals surface area contributed by atoms with Gasteiger partial charge in [-0.05, 0) is 6.07 Å². The molecule has 0 atom stereocenters. The fraction of sp³-hybridized carbons (Fsp3) is 0.250. The summed E-state index contributed by atoms with van der Waals surface area (Å²) in [6.07, 6.45) is -2.76. The molecule has 0 unspecified atom stereocenters. The molecule has 0 bridgehead atoms. The van der Waals surface area contributed by atoms with Crippen molar-refractivity contribution in [3.05, 3.63) is 33.2 Å². The first-order valence-electron chi connectivity index (χ1n) is 3.60. The number of alkyl halides is 3. The van der Waals surface area contributed by atoms with Crippen molar-refractivity contribution in [3.8, 4) is 6.07 Å². The molecular formula is C8H5BrF2N2O. The van der Waals surface area contributed by atoms with Crippen LogP contribution in [0.3, 0.4) is 0 Å². The summed E-state index contributed by atoms with van der Waals surface area (Å²) in [5, 5.41) is 8.66. The molecule has 1 rings (SSSR count). The zero-order chi connectivity index (χ0) is 10.7. The molecule has 14 heavy (non-hydrogen) atoms. The molecule has 0 aliphatic carbocycles. The van der Waals surface area contributed by atoms with Crippen LogP contribution in [0, 0.1) is 11.3 Å². The number of aromatic amines is 1. The number of hydrogen-bond donors (Lipinski definition) is 1. The summed E-state index contributed by atoms with van der Waals surface area (Å²) in [6.45, 7) is 0. The molecule has 0 radical (unpaired) electrons. The quantitative estimate of drug-likeness (QED) is 0.830. The number of nitrogens with one attached hydrogen (secondary N) is 1. The first-order chi connectivity index (χ1) is 6.60. The van der Waals surface area contributed by atoms with Crippen LogP contribution in [0.5, 0.6) is 0 Å². The number of H-pyrrole nitrogens is 1. The maximum absolute atomic E-state index is 12.4. The standard InChI is InChI=1S/C8H5BrF2N2O/c9-2-4-1-5(7(10)11)6(3-12)13-8(4)14/h1,7H,2H2,(H,13,14). The summed E-state index contributed by atoms with van der Waals surface area (Å²) < 4.78 is 24.7. The van der Waals surface area contributed by atoms with Gasteiger partial charge in [0.1, 0.15) is 11.8 Å². The van der Waals surface area contributed by atoms with Gasteiger partial charge in [0.15, 0.2) is 0 Å². The lowest BCUT2D eigenvalue weighted by atomic mass is 10.1. The minimum absolute atomic E-state index is 0.174. The fourth-order valence-electron chi connectivity index (χ4n) is 0.955. The zero-order valence-corrected chi connectivity index (χ0v) is 8.44. The molecule has 0 aliphatic rings. The largest absolute Gasteiger partial charge is 0.313 e. The lowest BCUT2D eigenvalue weighted by Gasteiger charge is -2.03. The highest BCUT2D eigenvalue weighted by Crippen LogP contribution is 2.21. The Morgan fingerprint density at radius 3 is 2.71 bits per heavy atom. The van der Waals surface area contributed by atoms with E-state index in [1.807, 2.05) is 0 Å². The predicted octanol–water partition coefficient (Wildman–Crippen LogP) is 2.08. The van der Waals surface area contributed by atoms with Gasteiger partial charge in [-0.3, -0.25) is 4.79 Å². The van der Waals surface area contributed by atoms with E-state index in [9.17, 15) is 13.6 Å². The number of halogens is 3. The van der Waals surface area contributed by atoms with E-state index in [0.717, 1.165) is 6.07 Å². The van der Waals surface area contributed by atoms with Crippen molar-refractivity contribution in [2.45, 2.75) is 11.8 Å². The Kier molecular flexibility index (Phi) is 3.36. The molecule has 1 aromatic heterocycles. The second-order valence-electron chi connectivity index (χ2n) is 2.50. The van der Waals surface area contributed by atoms with Crippen LogP contribution >= 0.6 is 15.9 Å². The molecule has 6 heteroatoms. The molecule has 0 saturated carbocycles. The topological polar surface area (TPSA) is 56.6 Å². The van der Waals surface area contributed by atoms with Gasteiger partial charge in [0, 0.05) is 10.9 Å². The first kappa shape index (κ1) is 10.9. The summed E-state index contributed by atoms with van der Waals surface area (Å²) >= 11 is 2.99. The molecule has 1 N–H and O–H groups in total. The lowest BCUT2D eigenvalue weighted by Crippen LogP contribution is -2.14. The average molecular weight is 263 g/mol. The maximum atomic E-state index is 12.4. The Morgan fingerprint density at radius 2 is 2.29 bits per heavy atom. The van der Waals surface area contributed by atoms with Gasteiger partial charge in [-0.1, -0.05) is 15.9 Å². The molecular weight excluding hydrogens is 258 g/mol. The smallest absolute Gasteiger partial charge is 0.266 e. The van der Waals surface area contributed by atoms with E-state index >= 15 is 0 Å². The van der Waals surface area contributed by atoms with Crippen LogP contribution in [0.25, 0.3) is 0 Å². The van der Waals surface area contributed by atoms with Gasteiger partial charge in [0.05, 0.1) is 5.56 Å². The number of nitrogens with zero attached hydrogens (tertiary/aromatic N) is 1. The summed E-state index contributed by atoms with van der Waals surface area (Å²) in [4.78, 5) is 13.2. The highest BCUT2D eigenvalue weighted by Gasteiger charge is 2.15. The van der Waals surface area contributed by atoms with E-state index < -0.39 is 17.5 Å². The van der Waals surface area contributed by atoms with E-state index in [2.05, 4.69) is 20.9 Å². The van der Waals surface area contributed by atoms with E-state index in [1.54, 1.807) is 0 Å².